The Morgan fingerprint density at radius 2 is 1.76 bits per heavy atom. The van der Waals surface area contributed by atoms with Crippen molar-refractivity contribution in [3.8, 4) is 0 Å². The molecule has 0 heterocycles. The minimum atomic E-state index is -0.448. The molecular weight excluding hydrogens is 257 g/mol. The van der Waals surface area contributed by atoms with Crippen molar-refractivity contribution in [2.24, 2.45) is 0 Å². The van der Waals surface area contributed by atoms with Gasteiger partial charge in [-0.25, -0.2) is 0 Å². The summed E-state index contributed by atoms with van der Waals surface area (Å²) in [5.74, 6) is 0. The lowest BCUT2D eigenvalue weighted by molar-refractivity contribution is -0.384. The third-order valence-electron chi connectivity index (χ3n) is 2.30. The first-order valence-corrected chi connectivity index (χ1v) is 6.54. The van der Waals surface area contributed by atoms with Gasteiger partial charge >= 0.3 is 0 Å². The molecule has 1 atom stereocenters. The quantitative estimate of drug-likeness (QED) is 0.487. The van der Waals surface area contributed by atoms with Gasteiger partial charge in [-0.2, -0.15) is 0 Å². The van der Waals surface area contributed by atoms with Crippen molar-refractivity contribution in [3.05, 3.63) is 63.7 Å². The number of benzene rings is 2. The standard InChI is InChI=1S/C12H9ClNO2P/c13-11-7-6-10(8-12(11)14(15)16)17-9-4-2-1-3-5-9/h1-8,17H/p+1. The average molecular weight is 267 g/mol. The van der Waals surface area contributed by atoms with Crippen molar-refractivity contribution in [1.29, 1.82) is 0 Å². The molecule has 0 saturated heterocycles. The molecule has 0 aliphatic heterocycles. The summed E-state index contributed by atoms with van der Waals surface area (Å²) in [6.45, 7) is 0. The normalized spacial score (nSPS) is 10.9. The minimum absolute atomic E-state index is 0.0207. The third-order valence-corrected chi connectivity index (χ3v) is 4.03. The predicted molar refractivity (Wildman–Crippen MR) is 73.5 cm³/mol. The van der Waals surface area contributed by atoms with Crippen LogP contribution in [0.25, 0.3) is 0 Å². The zero-order valence-electron chi connectivity index (χ0n) is 8.84. The van der Waals surface area contributed by atoms with E-state index in [2.05, 4.69) is 0 Å². The average Bonchev–Trinajstić information content (AvgIpc) is 2.32. The molecule has 2 rings (SSSR count). The SMILES string of the molecule is O=[N+]([O-])c1cc([PH2+]c2ccccc2)ccc1Cl. The van der Waals surface area contributed by atoms with E-state index in [1.165, 1.54) is 5.30 Å². The Kier molecular flexibility index (Phi) is 3.72. The molecule has 2 aromatic carbocycles. The summed E-state index contributed by atoms with van der Waals surface area (Å²) in [6.07, 6.45) is 0. The summed E-state index contributed by atoms with van der Waals surface area (Å²) in [5, 5.41) is 13.1. The molecule has 2 aromatic rings. The van der Waals surface area contributed by atoms with Gasteiger partial charge in [-0.05, 0) is 24.3 Å². The lowest BCUT2D eigenvalue weighted by atomic mass is 10.3. The minimum Gasteiger partial charge on any atom is -0.258 e. The van der Waals surface area contributed by atoms with Gasteiger partial charge in [0.2, 0.25) is 0 Å². The zero-order valence-corrected chi connectivity index (χ0v) is 10.7. The lowest BCUT2D eigenvalue weighted by Gasteiger charge is -1.97. The highest BCUT2D eigenvalue weighted by atomic mass is 35.5. The molecule has 3 nitrogen and oxygen atoms in total. The van der Waals surface area contributed by atoms with Gasteiger partial charge in [0.05, 0.1) is 24.9 Å². The molecule has 86 valence electrons. The van der Waals surface area contributed by atoms with Crippen molar-refractivity contribution in [3.63, 3.8) is 0 Å². The first kappa shape index (κ1) is 12.0. The summed E-state index contributed by atoms with van der Waals surface area (Å²) in [4.78, 5) is 10.3. The van der Waals surface area contributed by atoms with Crippen LogP contribution in [-0.2, 0) is 0 Å². The second kappa shape index (κ2) is 5.26. The summed E-state index contributed by atoms with van der Waals surface area (Å²) in [6, 6.07) is 14.9. The highest BCUT2D eigenvalue weighted by Crippen LogP contribution is 2.24. The van der Waals surface area contributed by atoms with Crippen molar-refractivity contribution < 1.29 is 4.92 Å². The van der Waals surface area contributed by atoms with E-state index in [1.54, 1.807) is 12.1 Å². The van der Waals surface area contributed by atoms with Crippen LogP contribution in [0.4, 0.5) is 5.69 Å². The fourth-order valence-corrected chi connectivity index (χ4v) is 2.92. The van der Waals surface area contributed by atoms with E-state index in [4.69, 9.17) is 11.6 Å². The van der Waals surface area contributed by atoms with Gasteiger partial charge in [0.25, 0.3) is 5.69 Å². The second-order valence-corrected chi connectivity index (χ2v) is 5.55. The molecule has 0 radical (unpaired) electrons. The fraction of sp³-hybridized carbons (Fsp3) is 0. The molecule has 0 bridgehead atoms. The molecule has 0 amide bonds. The molecule has 1 unspecified atom stereocenters. The van der Waals surface area contributed by atoms with Gasteiger partial charge in [-0.3, -0.25) is 10.1 Å². The second-order valence-electron chi connectivity index (χ2n) is 3.52. The Labute approximate surface area is 105 Å². The summed E-state index contributed by atoms with van der Waals surface area (Å²) in [7, 11) is -0.134. The number of rotatable bonds is 3. The summed E-state index contributed by atoms with van der Waals surface area (Å²) >= 11 is 5.76. The topological polar surface area (TPSA) is 43.1 Å². The molecule has 0 fully saturated rings. The maximum Gasteiger partial charge on any atom is 0.291 e. The van der Waals surface area contributed by atoms with Crippen molar-refractivity contribution in [2.75, 3.05) is 0 Å². The van der Waals surface area contributed by atoms with E-state index in [0.29, 0.717) is 0 Å². The molecular formula is C12H10ClNO2P+. The van der Waals surface area contributed by atoms with Crippen LogP contribution in [0.3, 0.4) is 0 Å². The maximum absolute atomic E-state index is 10.8. The van der Waals surface area contributed by atoms with Crippen molar-refractivity contribution >= 4 is 36.5 Å². The number of halogens is 1. The lowest BCUT2D eigenvalue weighted by Crippen LogP contribution is -2.04. The highest BCUT2D eigenvalue weighted by Gasteiger charge is 2.15. The summed E-state index contributed by atoms with van der Waals surface area (Å²) in [5.41, 5.74) is -0.0207. The van der Waals surface area contributed by atoms with Crippen LogP contribution >= 0.6 is 20.2 Å². The van der Waals surface area contributed by atoms with Gasteiger partial charge in [-0.15, -0.1) is 0 Å². The van der Waals surface area contributed by atoms with Gasteiger partial charge in [0.15, 0.2) is 0 Å². The Hall–Kier alpha value is -1.44. The van der Waals surface area contributed by atoms with Crippen LogP contribution in [0.5, 0.6) is 0 Å². The molecule has 0 N–H and O–H groups in total. The number of nitro benzene ring substituents is 1. The van der Waals surface area contributed by atoms with E-state index in [1.807, 2.05) is 36.4 Å². The number of hydrogen-bond donors (Lipinski definition) is 0. The molecule has 0 aromatic heterocycles. The van der Waals surface area contributed by atoms with Gasteiger partial charge < -0.3 is 0 Å². The van der Waals surface area contributed by atoms with E-state index in [0.717, 1.165) is 5.30 Å². The van der Waals surface area contributed by atoms with Crippen LogP contribution in [0.1, 0.15) is 0 Å². The Morgan fingerprint density at radius 3 is 2.41 bits per heavy atom. The molecule has 5 heteroatoms. The smallest absolute Gasteiger partial charge is 0.258 e. The van der Waals surface area contributed by atoms with E-state index >= 15 is 0 Å². The van der Waals surface area contributed by atoms with Crippen LogP contribution in [-0.4, -0.2) is 4.92 Å². The fourth-order valence-electron chi connectivity index (χ4n) is 1.50. The Balaban J connectivity index is 2.29. The third kappa shape index (κ3) is 3.02. The predicted octanol–water partition coefficient (Wildman–Crippen LogP) is 2.61. The summed E-state index contributed by atoms with van der Waals surface area (Å²) < 4.78 is 0. The number of hydrogen-bond acceptors (Lipinski definition) is 2. The maximum atomic E-state index is 10.8. The number of nitro groups is 1. The van der Waals surface area contributed by atoms with E-state index in [9.17, 15) is 10.1 Å². The van der Waals surface area contributed by atoms with Crippen molar-refractivity contribution in [1.82, 2.24) is 0 Å². The number of nitrogens with zero attached hydrogens (tertiary/aromatic N) is 1. The molecule has 0 saturated carbocycles. The first-order chi connectivity index (χ1) is 8.16. The Morgan fingerprint density at radius 1 is 1.06 bits per heavy atom. The van der Waals surface area contributed by atoms with E-state index < -0.39 is 4.92 Å². The molecule has 0 aliphatic carbocycles. The van der Waals surface area contributed by atoms with E-state index in [-0.39, 0.29) is 19.3 Å². The van der Waals surface area contributed by atoms with Crippen LogP contribution in [0.2, 0.25) is 5.02 Å². The van der Waals surface area contributed by atoms with Crippen LogP contribution in [0.15, 0.2) is 48.5 Å². The van der Waals surface area contributed by atoms with Crippen LogP contribution < -0.4 is 10.6 Å². The molecule has 17 heavy (non-hydrogen) atoms. The zero-order chi connectivity index (χ0) is 12.3. The largest absolute Gasteiger partial charge is 0.291 e. The van der Waals surface area contributed by atoms with Crippen molar-refractivity contribution in [2.45, 2.75) is 0 Å². The first-order valence-electron chi connectivity index (χ1n) is 5.00. The Bertz CT molecular complexity index is 545. The monoisotopic (exact) mass is 266 g/mol. The van der Waals surface area contributed by atoms with Gasteiger partial charge in [0.1, 0.15) is 10.3 Å². The molecule has 0 aliphatic rings. The van der Waals surface area contributed by atoms with Crippen LogP contribution in [0, 0.1) is 10.1 Å². The highest BCUT2D eigenvalue weighted by molar-refractivity contribution is 7.55. The van der Waals surface area contributed by atoms with Gasteiger partial charge in [-0.1, -0.05) is 29.8 Å². The molecule has 0 spiro atoms. The van der Waals surface area contributed by atoms with Gasteiger partial charge in [0, 0.05) is 0 Å².